The van der Waals surface area contributed by atoms with Crippen molar-refractivity contribution in [3.05, 3.63) is 55.4 Å². The van der Waals surface area contributed by atoms with Crippen molar-refractivity contribution in [2.24, 2.45) is 5.10 Å². The number of rotatable bonds is 4. The van der Waals surface area contributed by atoms with Gasteiger partial charge in [0.15, 0.2) is 11.5 Å². The minimum Gasteiger partial charge on any atom is -0.504 e. The van der Waals surface area contributed by atoms with Crippen molar-refractivity contribution >= 4 is 55.6 Å². The van der Waals surface area contributed by atoms with E-state index in [1.807, 2.05) is 0 Å². The molecule has 0 unspecified atom stereocenters. The van der Waals surface area contributed by atoms with Crippen LogP contribution in [0, 0.1) is 0 Å². The van der Waals surface area contributed by atoms with Gasteiger partial charge < -0.3 is 9.84 Å². The molecule has 0 aliphatic carbocycles. The molecule has 0 bridgehead atoms. The summed E-state index contributed by atoms with van der Waals surface area (Å²) in [4.78, 5) is 12.0. The number of methoxy groups -OCH3 is 1. The first-order valence-corrected chi connectivity index (χ1v) is 8.25. The number of carbonyl (C=O) groups excluding carboxylic acids is 1. The molecule has 0 spiro atoms. The first-order valence-electron chi connectivity index (χ1n) is 6.28. The van der Waals surface area contributed by atoms with Crippen LogP contribution in [-0.2, 0) is 0 Å². The van der Waals surface area contributed by atoms with Crippen molar-refractivity contribution in [1.29, 1.82) is 0 Å². The molecule has 0 aliphatic rings. The fourth-order valence-corrected chi connectivity index (χ4v) is 2.79. The van der Waals surface area contributed by atoms with E-state index < -0.39 is 5.91 Å². The van der Waals surface area contributed by atoms with Gasteiger partial charge in [-0.25, -0.2) is 5.43 Å². The van der Waals surface area contributed by atoms with Crippen molar-refractivity contribution in [3.8, 4) is 11.5 Å². The molecule has 2 rings (SSSR count). The summed E-state index contributed by atoms with van der Waals surface area (Å²) in [6.45, 7) is 0. The Balaban J connectivity index is 2.23. The first-order chi connectivity index (χ1) is 11.0. The maximum absolute atomic E-state index is 12.0. The number of nitrogens with one attached hydrogen (secondary N) is 1. The fraction of sp³-hybridized carbons (Fsp3) is 0.0667. The van der Waals surface area contributed by atoms with Crippen LogP contribution < -0.4 is 10.2 Å². The van der Waals surface area contributed by atoms with Gasteiger partial charge in [-0.1, -0.05) is 23.7 Å². The highest BCUT2D eigenvalue weighted by Gasteiger charge is 2.14. The number of phenols is 1. The maximum Gasteiger partial charge on any atom is 0.272 e. The highest BCUT2D eigenvalue weighted by molar-refractivity contribution is 9.13. The first kappa shape index (κ1) is 17.8. The van der Waals surface area contributed by atoms with Crippen LogP contribution >= 0.6 is 43.5 Å². The third-order valence-electron chi connectivity index (χ3n) is 2.89. The van der Waals surface area contributed by atoms with Gasteiger partial charge in [0.25, 0.3) is 5.91 Å². The van der Waals surface area contributed by atoms with Crippen LogP contribution in [0.15, 0.2) is 44.4 Å². The average Bonchev–Trinajstić information content (AvgIpc) is 2.54. The molecule has 1 amide bonds. The summed E-state index contributed by atoms with van der Waals surface area (Å²) >= 11 is 12.6. The minimum absolute atomic E-state index is 0.0988. The number of halogens is 3. The van der Waals surface area contributed by atoms with Crippen LogP contribution in [-0.4, -0.2) is 24.3 Å². The lowest BCUT2D eigenvalue weighted by Crippen LogP contribution is -2.18. The molecule has 8 heteroatoms. The van der Waals surface area contributed by atoms with E-state index in [0.717, 1.165) is 0 Å². The zero-order valence-electron chi connectivity index (χ0n) is 11.8. The van der Waals surface area contributed by atoms with Crippen LogP contribution in [0.2, 0.25) is 5.02 Å². The monoisotopic (exact) mass is 460 g/mol. The van der Waals surface area contributed by atoms with Crippen LogP contribution in [0.5, 0.6) is 11.5 Å². The highest BCUT2D eigenvalue weighted by Crippen LogP contribution is 2.39. The fourth-order valence-electron chi connectivity index (χ4n) is 1.75. The third kappa shape index (κ3) is 4.04. The number of nitrogens with zero attached hydrogens (tertiary/aromatic N) is 1. The second-order valence-corrected chi connectivity index (χ2v) is 6.37. The topological polar surface area (TPSA) is 70.9 Å². The Morgan fingerprint density at radius 1 is 1.39 bits per heavy atom. The molecule has 0 aliphatic heterocycles. The van der Waals surface area contributed by atoms with Gasteiger partial charge in [-0.05, 0) is 50.1 Å². The maximum atomic E-state index is 12.0. The zero-order chi connectivity index (χ0) is 17.0. The van der Waals surface area contributed by atoms with E-state index >= 15 is 0 Å². The Labute approximate surface area is 154 Å². The Kier molecular flexibility index (Phi) is 6.04. The lowest BCUT2D eigenvalue weighted by atomic mass is 10.2. The number of hydrogen-bond acceptors (Lipinski definition) is 4. The number of hydrazone groups is 1. The van der Waals surface area contributed by atoms with E-state index in [2.05, 4.69) is 42.4 Å². The standard InChI is InChI=1S/C15H11Br2ClN2O3/c1-23-12-6-10(16)13(17)9(14(12)21)7-19-20-15(22)8-4-2-3-5-11(8)18/h2-7,21H,1H3,(H,20,22)/b19-7+. The number of phenolic OH excluding ortho intramolecular Hbond substituents is 1. The summed E-state index contributed by atoms with van der Waals surface area (Å²) in [6, 6.07) is 8.24. The van der Waals surface area contributed by atoms with Crippen LogP contribution in [0.3, 0.4) is 0 Å². The van der Waals surface area contributed by atoms with Gasteiger partial charge in [0, 0.05) is 8.95 Å². The van der Waals surface area contributed by atoms with E-state index in [9.17, 15) is 9.90 Å². The highest BCUT2D eigenvalue weighted by atomic mass is 79.9. The van der Waals surface area contributed by atoms with Gasteiger partial charge in [-0.15, -0.1) is 0 Å². The molecular weight excluding hydrogens is 451 g/mol. The molecule has 0 saturated heterocycles. The molecule has 2 N–H and O–H groups in total. The molecule has 0 fully saturated rings. The smallest absolute Gasteiger partial charge is 0.272 e. The predicted molar refractivity (Wildman–Crippen MR) is 96.6 cm³/mol. The van der Waals surface area contributed by atoms with E-state index in [1.54, 1.807) is 30.3 Å². The Morgan fingerprint density at radius 2 is 2.09 bits per heavy atom. The summed E-state index contributed by atoms with van der Waals surface area (Å²) in [7, 11) is 1.44. The molecule has 0 saturated carbocycles. The number of carbonyl (C=O) groups is 1. The van der Waals surface area contributed by atoms with Gasteiger partial charge in [0.2, 0.25) is 0 Å². The molecule has 23 heavy (non-hydrogen) atoms. The van der Waals surface area contributed by atoms with E-state index in [-0.39, 0.29) is 11.5 Å². The van der Waals surface area contributed by atoms with Gasteiger partial charge >= 0.3 is 0 Å². The summed E-state index contributed by atoms with van der Waals surface area (Å²) in [6.07, 6.45) is 1.31. The van der Waals surface area contributed by atoms with Crippen molar-refractivity contribution < 1.29 is 14.6 Å². The van der Waals surface area contributed by atoms with Gasteiger partial charge in [0.05, 0.1) is 29.5 Å². The molecule has 120 valence electrons. The molecule has 0 heterocycles. The number of benzene rings is 2. The molecule has 5 nitrogen and oxygen atoms in total. The summed E-state index contributed by atoms with van der Waals surface area (Å²) in [5, 5.41) is 14.3. The Bertz CT molecular complexity index is 782. The summed E-state index contributed by atoms with van der Waals surface area (Å²) in [5.41, 5.74) is 3.02. The van der Waals surface area contributed by atoms with Crippen LogP contribution in [0.1, 0.15) is 15.9 Å². The molecule has 2 aromatic carbocycles. The third-order valence-corrected chi connectivity index (χ3v) is 5.23. The SMILES string of the molecule is COc1cc(Br)c(Br)c(/C=N/NC(=O)c2ccccc2Cl)c1O. The average molecular weight is 463 g/mol. The van der Waals surface area contributed by atoms with Crippen LogP contribution in [0.25, 0.3) is 0 Å². The van der Waals surface area contributed by atoms with Crippen molar-refractivity contribution in [2.45, 2.75) is 0 Å². The van der Waals surface area contributed by atoms with Crippen molar-refractivity contribution in [2.75, 3.05) is 7.11 Å². The molecular formula is C15H11Br2ClN2O3. The van der Waals surface area contributed by atoms with Crippen LogP contribution in [0.4, 0.5) is 0 Å². The number of amides is 1. The molecule has 2 aromatic rings. The number of ether oxygens (including phenoxy) is 1. The van der Waals surface area contributed by atoms with Gasteiger partial charge in [-0.2, -0.15) is 5.10 Å². The predicted octanol–water partition coefficient (Wildman–Crippen LogP) is 4.34. The lowest BCUT2D eigenvalue weighted by molar-refractivity contribution is 0.0955. The summed E-state index contributed by atoms with van der Waals surface area (Å²) < 4.78 is 6.31. The minimum atomic E-state index is -0.454. The van der Waals surface area contributed by atoms with Crippen molar-refractivity contribution in [1.82, 2.24) is 5.43 Å². The largest absolute Gasteiger partial charge is 0.504 e. The lowest BCUT2D eigenvalue weighted by Gasteiger charge is -2.09. The molecule has 0 radical (unpaired) electrons. The van der Waals surface area contributed by atoms with Crippen molar-refractivity contribution in [3.63, 3.8) is 0 Å². The Morgan fingerprint density at radius 3 is 2.74 bits per heavy atom. The normalized spacial score (nSPS) is 10.8. The number of aromatic hydroxyl groups is 1. The van der Waals surface area contributed by atoms with E-state index in [1.165, 1.54) is 13.3 Å². The van der Waals surface area contributed by atoms with E-state index in [0.29, 0.717) is 25.1 Å². The number of hydrogen-bond donors (Lipinski definition) is 2. The zero-order valence-corrected chi connectivity index (χ0v) is 15.7. The Hall–Kier alpha value is -1.57. The van der Waals surface area contributed by atoms with Gasteiger partial charge in [-0.3, -0.25) is 4.79 Å². The molecule has 0 aromatic heterocycles. The molecule has 0 atom stereocenters. The quantitative estimate of drug-likeness (QED) is 0.525. The van der Waals surface area contributed by atoms with Gasteiger partial charge in [0.1, 0.15) is 0 Å². The second kappa shape index (κ2) is 7.81. The summed E-state index contributed by atoms with van der Waals surface area (Å²) in [5.74, 6) is -0.276. The second-order valence-electron chi connectivity index (χ2n) is 4.32. The van der Waals surface area contributed by atoms with E-state index in [4.69, 9.17) is 16.3 Å².